The van der Waals surface area contributed by atoms with Gasteiger partial charge in [-0.3, -0.25) is 4.98 Å². The molecule has 2 heterocycles. The van der Waals surface area contributed by atoms with Crippen molar-refractivity contribution in [1.82, 2.24) is 15.0 Å². The molecule has 0 aromatic carbocycles. The van der Waals surface area contributed by atoms with Crippen LogP contribution in [0.1, 0.15) is 32.0 Å². The molecular weight excluding hydrogens is 328 g/mol. The van der Waals surface area contributed by atoms with Crippen molar-refractivity contribution in [3.63, 3.8) is 0 Å². The van der Waals surface area contributed by atoms with Crippen LogP contribution in [0.2, 0.25) is 0 Å². The average molecular weight is 349 g/mol. The predicted molar refractivity (Wildman–Crippen MR) is 90.4 cm³/mol. The number of hydrogen-bond acceptors (Lipinski definition) is 4. The second-order valence-corrected chi connectivity index (χ2v) is 6.25. The molecule has 0 fully saturated rings. The molecule has 2 rings (SSSR count). The predicted octanol–water partition coefficient (Wildman–Crippen LogP) is 4.24. The Kier molecular flexibility index (Phi) is 5.28. The Morgan fingerprint density at radius 3 is 2.67 bits per heavy atom. The molecule has 0 radical (unpaired) electrons. The van der Waals surface area contributed by atoms with E-state index in [1.807, 2.05) is 19.1 Å². The molecular formula is C16H21BrN4. The molecule has 0 aliphatic carbocycles. The van der Waals surface area contributed by atoms with Crippen LogP contribution in [-0.2, 0) is 6.42 Å². The van der Waals surface area contributed by atoms with E-state index in [2.05, 4.69) is 52.0 Å². The summed E-state index contributed by atoms with van der Waals surface area (Å²) in [6.07, 6.45) is 2.68. The lowest BCUT2D eigenvalue weighted by Gasteiger charge is -2.14. The molecule has 2 aromatic rings. The zero-order valence-electron chi connectivity index (χ0n) is 12.9. The largest absolute Gasteiger partial charge is 0.369 e. The number of nitrogens with zero attached hydrogens (tertiary/aromatic N) is 3. The van der Waals surface area contributed by atoms with Gasteiger partial charge in [-0.15, -0.1) is 0 Å². The first-order valence-electron chi connectivity index (χ1n) is 7.25. The lowest BCUT2D eigenvalue weighted by molar-refractivity contribution is 0.632. The first-order chi connectivity index (χ1) is 10.0. The fourth-order valence-electron chi connectivity index (χ4n) is 2.13. The summed E-state index contributed by atoms with van der Waals surface area (Å²) in [5.41, 5.74) is 2.95. The molecule has 0 amide bonds. The van der Waals surface area contributed by atoms with E-state index in [1.54, 1.807) is 6.20 Å². The third-order valence-electron chi connectivity index (χ3n) is 3.09. The Balaban J connectivity index is 2.56. The maximum Gasteiger partial charge on any atom is 0.180 e. The fourth-order valence-corrected chi connectivity index (χ4v) is 2.61. The molecule has 0 bridgehead atoms. The van der Waals surface area contributed by atoms with Gasteiger partial charge in [-0.1, -0.05) is 19.9 Å². The van der Waals surface area contributed by atoms with E-state index in [1.165, 1.54) is 0 Å². The maximum absolute atomic E-state index is 4.73. The molecule has 0 saturated heterocycles. The topological polar surface area (TPSA) is 50.7 Å². The second-order valence-electron chi connectivity index (χ2n) is 5.45. The maximum atomic E-state index is 4.73. The fraction of sp³-hybridized carbons (Fsp3) is 0.438. The molecule has 0 saturated carbocycles. The van der Waals surface area contributed by atoms with Crippen molar-refractivity contribution in [2.45, 2.75) is 34.1 Å². The van der Waals surface area contributed by atoms with Gasteiger partial charge in [-0.2, -0.15) is 0 Å². The van der Waals surface area contributed by atoms with Gasteiger partial charge in [0.2, 0.25) is 0 Å². The monoisotopic (exact) mass is 348 g/mol. The van der Waals surface area contributed by atoms with Crippen LogP contribution in [0.25, 0.3) is 11.5 Å². The summed E-state index contributed by atoms with van der Waals surface area (Å²) >= 11 is 3.63. The van der Waals surface area contributed by atoms with Crippen LogP contribution in [0, 0.1) is 12.8 Å². The van der Waals surface area contributed by atoms with Crippen molar-refractivity contribution < 1.29 is 0 Å². The number of pyridine rings is 1. The molecule has 21 heavy (non-hydrogen) atoms. The van der Waals surface area contributed by atoms with Gasteiger partial charge in [0.25, 0.3) is 0 Å². The molecule has 0 unspecified atom stereocenters. The Hall–Kier alpha value is -1.49. The summed E-state index contributed by atoms with van der Waals surface area (Å²) in [5, 5.41) is 3.29. The highest BCUT2D eigenvalue weighted by Crippen LogP contribution is 2.29. The minimum atomic E-state index is 0.531. The summed E-state index contributed by atoms with van der Waals surface area (Å²) in [4.78, 5) is 13.8. The van der Waals surface area contributed by atoms with Gasteiger partial charge in [0, 0.05) is 12.7 Å². The molecule has 0 atom stereocenters. The first kappa shape index (κ1) is 15.9. The molecule has 0 aliphatic heterocycles. The van der Waals surface area contributed by atoms with Crippen molar-refractivity contribution in [2.75, 3.05) is 11.9 Å². The molecule has 0 aliphatic rings. The van der Waals surface area contributed by atoms with Crippen molar-refractivity contribution >= 4 is 21.7 Å². The van der Waals surface area contributed by atoms with Gasteiger partial charge in [0.15, 0.2) is 5.82 Å². The second kappa shape index (κ2) is 6.98. The van der Waals surface area contributed by atoms with Gasteiger partial charge in [0.1, 0.15) is 11.5 Å². The van der Waals surface area contributed by atoms with Crippen molar-refractivity contribution in [3.8, 4) is 11.5 Å². The van der Waals surface area contributed by atoms with E-state index in [9.17, 15) is 0 Å². The lowest BCUT2D eigenvalue weighted by atomic mass is 10.1. The quantitative estimate of drug-likeness (QED) is 0.877. The highest BCUT2D eigenvalue weighted by atomic mass is 79.9. The van der Waals surface area contributed by atoms with Crippen LogP contribution in [0.3, 0.4) is 0 Å². The van der Waals surface area contributed by atoms with Crippen LogP contribution < -0.4 is 5.32 Å². The third kappa shape index (κ3) is 3.79. The zero-order valence-corrected chi connectivity index (χ0v) is 14.5. The number of anilines is 1. The van der Waals surface area contributed by atoms with Gasteiger partial charge in [-0.25, -0.2) is 9.97 Å². The van der Waals surface area contributed by atoms with Gasteiger partial charge >= 0.3 is 0 Å². The summed E-state index contributed by atoms with van der Waals surface area (Å²) in [5.74, 6) is 2.05. The van der Waals surface area contributed by atoms with Crippen LogP contribution >= 0.6 is 15.9 Å². The number of hydrogen-bond donors (Lipinski definition) is 1. The molecule has 4 nitrogen and oxygen atoms in total. The number of halogens is 1. The van der Waals surface area contributed by atoms with E-state index in [4.69, 9.17) is 4.98 Å². The van der Waals surface area contributed by atoms with E-state index in [0.29, 0.717) is 11.7 Å². The molecule has 5 heteroatoms. The van der Waals surface area contributed by atoms with E-state index >= 15 is 0 Å². The molecule has 2 aromatic heterocycles. The van der Waals surface area contributed by atoms with Gasteiger partial charge in [-0.05, 0) is 53.7 Å². The minimum Gasteiger partial charge on any atom is -0.369 e. The Morgan fingerprint density at radius 1 is 1.29 bits per heavy atom. The zero-order chi connectivity index (χ0) is 15.4. The molecule has 112 valence electrons. The highest BCUT2D eigenvalue weighted by Gasteiger charge is 2.15. The number of rotatable bonds is 5. The summed E-state index contributed by atoms with van der Waals surface area (Å²) in [6.45, 7) is 9.28. The standard InChI is InChI=1S/C16H21BrN4/c1-5-18-15-13(17)12(9-10(2)3)20-16(21-15)14-11(4)7-6-8-19-14/h6-8,10H,5,9H2,1-4H3,(H,18,20,21). The van der Waals surface area contributed by atoms with E-state index in [-0.39, 0.29) is 0 Å². The molecule has 1 N–H and O–H groups in total. The SMILES string of the molecule is CCNc1nc(-c2ncccc2C)nc(CC(C)C)c1Br. The average Bonchev–Trinajstić information content (AvgIpc) is 2.43. The summed E-state index contributed by atoms with van der Waals surface area (Å²) < 4.78 is 0.954. The minimum absolute atomic E-state index is 0.531. The smallest absolute Gasteiger partial charge is 0.180 e. The summed E-state index contributed by atoms with van der Waals surface area (Å²) in [7, 11) is 0. The Bertz CT molecular complexity index is 626. The van der Waals surface area contributed by atoms with Crippen LogP contribution in [0.5, 0.6) is 0 Å². The van der Waals surface area contributed by atoms with Crippen LogP contribution in [0.4, 0.5) is 5.82 Å². The Labute approximate surface area is 134 Å². The lowest BCUT2D eigenvalue weighted by Crippen LogP contribution is -2.08. The Morgan fingerprint density at radius 2 is 2.05 bits per heavy atom. The van der Waals surface area contributed by atoms with Gasteiger partial charge < -0.3 is 5.32 Å². The van der Waals surface area contributed by atoms with Crippen molar-refractivity contribution in [1.29, 1.82) is 0 Å². The number of aryl methyl sites for hydroxylation is 1. The number of nitrogens with one attached hydrogen (secondary N) is 1. The van der Waals surface area contributed by atoms with Crippen molar-refractivity contribution in [2.24, 2.45) is 5.92 Å². The first-order valence-corrected chi connectivity index (χ1v) is 8.04. The van der Waals surface area contributed by atoms with E-state index < -0.39 is 0 Å². The van der Waals surface area contributed by atoms with Crippen LogP contribution in [0.15, 0.2) is 22.8 Å². The third-order valence-corrected chi connectivity index (χ3v) is 3.92. The normalized spacial score (nSPS) is 11.0. The van der Waals surface area contributed by atoms with Crippen LogP contribution in [-0.4, -0.2) is 21.5 Å². The summed E-state index contributed by atoms with van der Waals surface area (Å²) in [6, 6.07) is 3.96. The van der Waals surface area contributed by atoms with Crippen molar-refractivity contribution in [3.05, 3.63) is 34.1 Å². The highest BCUT2D eigenvalue weighted by molar-refractivity contribution is 9.10. The van der Waals surface area contributed by atoms with E-state index in [0.717, 1.165) is 40.2 Å². The van der Waals surface area contributed by atoms with Gasteiger partial charge in [0.05, 0.1) is 10.2 Å². The molecule has 0 spiro atoms. The number of aromatic nitrogens is 3.